The molecule has 0 heterocycles. The van der Waals surface area contributed by atoms with Crippen LogP contribution in [0, 0.1) is 0 Å². The van der Waals surface area contributed by atoms with Crippen LogP contribution in [0.5, 0.6) is 0 Å². The molecule has 0 saturated carbocycles. The monoisotopic (exact) mass is 391 g/mol. The molecule has 7 heteroatoms. The zero-order chi connectivity index (χ0) is 16.3. The first kappa shape index (κ1) is 16.8. The molecule has 0 aliphatic heterocycles. The van der Waals surface area contributed by atoms with Crippen LogP contribution >= 0.6 is 27.5 Å². The smallest absolute Gasteiger partial charge is 0.326 e. The van der Waals surface area contributed by atoms with E-state index in [-0.39, 0.29) is 16.6 Å². The van der Waals surface area contributed by atoms with Gasteiger partial charge in [0.2, 0.25) is 5.91 Å². The third-order valence-corrected chi connectivity index (χ3v) is 3.92. The van der Waals surface area contributed by atoms with Gasteiger partial charge in [-0.2, -0.15) is 13.2 Å². The van der Waals surface area contributed by atoms with Crippen molar-refractivity contribution >= 4 is 39.1 Å². The van der Waals surface area contributed by atoms with Crippen LogP contribution < -0.4 is 5.32 Å². The van der Waals surface area contributed by atoms with E-state index in [1.807, 2.05) is 0 Å². The maximum absolute atomic E-state index is 12.8. The van der Waals surface area contributed by atoms with Crippen LogP contribution in [-0.4, -0.2) is 5.91 Å². The molecule has 0 aliphatic carbocycles. The van der Waals surface area contributed by atoms with Crippen LogP contribution in [0.4, 0.5) is 18.9 Å². The zero-order valence-electron chi connectivity index (χ0n) is 11.0. The van der Waals surface area contributed by atoms with Gasteiger partial charge in [0.25, 0.3) is 0 Å². The van der Waals surface area contributed by atoms with Gasteiger partial charge in [0.05, 0.1) is 12.0 Å². The van der Waals surface area contributed by atoms with E-state index in [0.29, 0.717) is 10.6 Å². The standard InChI is InChI=1S/C15H10BrClF3NO/c16-12-6-5-10(8-11(12)15(18,19)20)21-14(22)7-9-3-1-2-4-13(9)17/h1-6,8H,7H2,(H,21,22). The number of rotatable bonds is 3. The van der Waals surface area contributed by atoms with Crippen LogP contribution in [0.2, 0.25) is 5.02 Å². The number of carbonyl (C=O) groups excluding carboxylic acids is 1. The number of amides is 1. The van der Waals surface area contributed by atoms with Crippen molar-refractivity contribution in [1.29, 1.82) is 0 Å². The van der Waals surface area contributed by atoms with Crippen molar-refractivity contribution in [3.63, 3.8) is 0 Å². The van der Waals surface area contributed by atoms with Crippen LogP contribution in [0.1, 0.15) is 11.1 Å². The van der Waals surface area contributed by atoms with Gasteiger partial charge >= 0.3 is 6.18 Å². The first-order valence-electron chi connectivity index (χ1n) is 6.17. The van der Waals surface area contributed by atoms with Crippen LogP contribution in [0.15, 0.2) is 46.9 Å². The molecule has 0 unspecified atom stereocenters. The maximum Gasteiger partial charge on any atom is 0.417 e. The molecule has 0 aliphatic rings. The zero-order valence-corrected chi connectivity index (χ0v) is 13.4. The summed E-state index contributed by atoms with van der Waals surface area (Å²) in [6.07, 6.45) is -4.51. The Bertz CT molecular complexity index is 703. The average Bonchev–Trinajstić information content (AvgIpc) is 2.42. The Morgan fingerprint density at radius 1 is 1.18 bits per heavy atom. The lowest BCUT2D eigenvalue weighted by atomic mass is 10.1. The van der Waals surface area contributed by atoms with Crippen molar-refractivity contribution in [3.8, 4) is 0 Å². The summed E-state index contributed by atoms with van der Waals surface area (Å²) < 4.78 is 38.3. The summed E-state index contributed by atoms with van der Waals surface area (Å²) in [7, 11) is 0. The topological polar surface area (TPSA) is 29.1 Å². The first-order valence-corrected chi connectivity index (χ1v) is 7.34. The maximum atomic E-state index is 12.8. The van der Waals surface area contributed by atoms with Gasteiger partial charge in [-0.15, -0.1) is 0 Å². The lowest BCUT2D eigenvalue weighted by Crippen LogP contribution is -2.15. The molecule has 0 aromatic heterocycles. The highest BCUT2D eigenvalue weighted by molar-refractivity contribution is 9.10. The van der Waals surface area contributed by atoms with Gasteiger partial charge < -0.3 is 5.32 Å². The fourth-order valence-corrected chi connectivity index (χ4v) is 2.51. The normalized spacial score (nSPS) is 11.3. The molecule has 0 saturated heterocycles. The molecular weight excluding hydrogens is 383 g/mol. The predicted molar refractivity (Wildman–Crippen MR) is 82.9 cm³/mol. The quantitative estimate of drug-likeness (QED) is 0.754. The highest BCUT2D eigenvalue weighted by Gasteiger charge is 2.33. The third kappa shape index (κ3) is 4.24. The summed E-state index contributed by atoms with van der Waals surface area (Å²) in [5.41, 5.74) is -0.162. The molecule has 1 amide bonds. The number of nitrogens with one attached hydrogen (secondary N) is 1. The Morgan fingerprint density at radius 2 is 1.86 bits per heavy atom. The van der Waals surface area contributed by atoms with Crippen molar-refractivity contribution in [1.82, 2.24) is 0 Å². The average molecular weight is 393 g/mol. The molecule has 0 fully saturated rings. The number of carbonyl (C=O) groups is 1. The first-order chi connectivity index (χ1) is 10.3. The van der Waals surface area contributed by atoms with Crippen molar-refractivity contribution in [3.05, 3.63) is 63.1 Å². The Kier molecular flexibility index (Phi) is 5.13. The minimum absolute atomic E-state index is 0.0168. The molecule has 2 aromatic carbocycles. The Morgan fingerprint density at radius 3 is 2.50 bits per heavy atom. The van der Waals surface area contributed by atoms with Gasteiger partial charge in [-0.25, -0.2) is 0 Å². The number of anilines is 1. The van der Waals surface area contributed by atoms with Crippen molar-refractivity contribution in [2.75, 3.05) is 5.32 Å². The highest BCUT2D eigenvalue weighted by atomic mass is 79.9. The van der Waals surface area contributed by atoms with Gasteiger partial charge in [0, 0.05) is 15.2 Å². The minimum Gasteiger partial charge on any atom is -0.326 e. The number of hydrogen-bond donors (Lipinski definition) is 1. The molecule has 0 radical (unpaired) electrons. The van der Waals surface area contributed by atoms with Crippen LogP contribution in [0.3, 0.4) is 0 Å². The van der Waals surface area contributed by atoms with Crippen molar-refractivity contribution < 1.29 is 18.0 Å². The summed E-state index contributed by atoms with van der Waals surface area (Å²) in [5.74, 6) is -0.441. The van der Waals surface area contributed by atoms with E-state index in [9.17, 15) is 18.0 Å². The summed E-state index contributed by atoms with van der Waals surface area (Å²) >= 11 is 8.79. The van der Waals surface area contributed by atoms with Crippen LogP contribution in [0.25, 0.3) is 0 Å². The second-order valence-electron chi connectivity index (χ2n) is 4.51. The number of halogens is 5. The molecule has 0 spiro atoms. The number of benzene rings is 2. The molecule has 22 heavy (non-hydrogen) atoms. The second-order valence-corrected chi connectivity index (χ2v) is 5.77. The van der Waals surface area contributed by atoms with Gasteiger partial charge in [-0.3, -0.25) is 4.79 Å². The van der Waals surface area contributed by atoms with E-state index in [1.54, 1.807) is 24.3 Å². The molecular formula is C15H10BrClF3NO. The molecule has 1 N–H and O–H groups in total. The largest absolute Gasteiger partial charge is 0.417 e. The molecule has 0 bridgehead atoms. The molecule has 2 aromatic rings. The summed E-state index contributed by atoms with van der Waals surface area (Å²) in [6.45, 7) is 0. The van der Waals surface area contributed by atoms with E-state index in [1.165, 1.54) is 12.1 Å². The van der Waals surface area contributed by atoms with E-state index in [2.05, 4.69) is 21.2 Å². The third-order valence-electron chi connectivity index (χ3n) is 2.86. The molecule has 116 valence electrons. The number of alkyl halides is 3. The van der Waals surface area contributed by atoms with Gasteiger partial charge in [0.15, 0.2) is 0 Å². The van der Waals surface area contributed by atoms with Gasteiger partial charge in [-0.05, 0) is 29.8 Å². The molecule has 2 nitrogen and oxygen atoms in total. The molecule has 2 rings (SSSR count). The van der Waals surface area contributed by atoms with Crippen LogP contribution in [-0.2, 0) is 17.4 Å². The Hall–Kier alpha value is -1.53. The van der Waals surface area contributed by atoms with E-state index >= 15 is 0 Å². The van der Waals surface area contributed by atoms with E-state index < -0.39 is 17.6 Å². The fourth-order valence-electron chi connectivity index (χ4n) is 1.84. The van der Waals surface area contributed by atoms with Gasteiger partial charge in [0.1, 0.15) is 0 Å². The predicted octanol–water partition coefficient (Wildman–Crippen LogP) is 5.30. The summed E-state index contributed by atoms with van der Waals surface area (Å²) in [6, 6.07) is 10.3. The van der Waals surface area contributed by atoms with Gasteiger partial charge in [-0.1, -0.05) is 45.7 Å². The lowest BCUT2D eigenvalue weighted by Gasteiger charge is -2.12. The number of hydrogen-bond acceptors (Lipinski definition) is 1. The van der Waals surface area contributed by atoms with Crippen molar-refractivity contribution in [2.45, 2.75) is 12.6 Å². The summed E-state index contributed by atoms with van der Waals surface area (Å²) in [5, 5.41) is 2.87. The fraction of sp³-hybridized carbons (Fsp3) is 0.133. The van der Waals surface area contributed by atoms with E-state index in [4.69, 9.17) is 11.6 Å². The summed E-state index contributed by atoms with van der Waals surface area (Å²) in [4.78, 5) is 11.9. The second kappa shape index (κ2) is 6.71. The Balaban J connectivity index is 2.14. The Labute approximate surface area is 138 Å². The highest BCUT2D eigenvalue weighted by Crippen LogP contribution is 2.36. The lowest BCUT2D eigenvalue weighted by molar-refractivity contribution is -0.138. The minimum atomic E-state index is -4.50. The molecule has 0 atom stereocenters. The van der Waals surface area contributed by atoms with Crippen molar-refractivity contribution in [2.24, 2.45) is 0 Å². The SMILES string of the molecule is O=C(Cc1ccccc1Cl)Nc1ccc(Br)c(C(F)(F)F)c1. The van der Waals surface area contributed by atoms with E-state index in [0.717, 1.165) is 6.07 Å².